The van der Waals surface area contributed by atoms with Crippen molar-refractivity contribution in [2.45, 2.75) is 11.1 Å². The van der Waals surface area contributed by atoms with Crippen LogP contribution >= 0.6 is 11.8 Å². The molecule has 1 heterocycles. The lowest BCUT2D eigenvalue weighted by Gasteiger charge is -2.04. The fourth-order valence-electron chi connectivity index (χ4n) is 0.598. The van der Waals surface area contributed by atoms with Gasteiger partial charge in [0.2, 0.25) is 0 Å². The number of rotatable bonds is 4. The molecule has 0 bridgehead atoms. The SMILES string of the molecule is OCC(O)CSc1ccncn1. The van der Waals surface area contributed by atoms with E-state index in [4.69, 9.17) is 10.2 Å². The van der Waals surface area contributed by atoms with E-state index in [0.29, 0.717) is 5.75 Å². The van der Waals surface area contributed by atoms with E-state index in [1.165, 1.54) is 18.1 Å². The topological polar surface area (TPSA) is 66.2 Å². The molecule has 5 heteroatoms. The Morgan fingerprint density at radius 3 is 3.00 bits per heavy atom. The van der Waals surface area contributed by atoms with Crippen molar-refractivity contribution >= 4 is 11.8 Å². The largest absolute Gasteiger partial charge is 0.394 e. The molecule has 0 radical (unpaired) electrons. The summed E-state index contributed by atoms with van der Waals surface area (Å²) in [6, 6.07) is 1.76. The Labute approximate surface area is 74.7 Å². The van der Waals surface area contributed by atoms with Crippen LogP contribution in [0.5, 0.6) is 0 Å². The van der Waals surface area contributed by atoms with Gasteiger partial charge in [-0.2, -0.15) is 0 Å². The van der Waals surface area contributed by atoms with E-state index in [0.717, 1.165) is 5.03 Å². The number of hydrogen-bond donors (Lipinski definition) is 2. The third-order valence-corrected chi connectivity index (χ3v) is 2.28. The van der Waals surface area contributed by atoms with Gasteiger partial charge in [-0.25, -0.2) is 9.97 Å². The van der Waals surface area contributed by atoms with Gasteiger partial charge in [-0.1, -0.05) is 0 Å². The highest BCUT2D eigenvalue weighted by Crippen LogP contribution is 2.13. The lowest BCUT2D eigenvalue weighted by molar-refractivity contribution is 0.113. The smallest absolute Gasteiger partial charge is 0.116 e. The van der Waals surface area contributed by atoms with Crippen LogP contribution in [0.2, 0.25) is 0 Å². The molecule has 0 aromatic carbocycles. The number of aromatic nitrogens is 2. The standard InChI is InChI=1S/C7H10N2O2S/c10-3-6(11)4-12-7-1-2-8-5-9-7/h1-2,5-6,10-11H,3-4H2. The molecule has 1 unspecified atom stereocenters. The number of nitrogens with zero attached hydrogens (tertiary/aromatic N) is 2. The van der Waals surface area contributed by atoms with Gasteiger partial charge in [0.05, 0.1) is 17.7 Å². The molecule has 0 amide bonds. The summed E-state index contributed by atoms with van der Waals surface area (Å²) in [5.74, 6) is 0.452. The van der Waals surface area contributed by atoms with Crippen LogP contribution < -0.4 is 0 Å². The summed E-state index contributed by atoms with van der Waals surface area (Å²) in [5, 5.41) is 18.3. The van der Waals surface area contributed by atoms with Gasteiger partial charge in [-0.15, -0.1) is 11.8 Å². The number of aliphatic hydroxyl groups excluding tert-OH is 2. The summed E-state index contributed by atoms with van der Waals surface area (Å²) >= 11 is 1.39. The zero-order chi connectivity index (χ0) is 8.81. The molecule has 0 saturated carbocycles. The van der Waals surface area contributed by atoms with Crippen LogP contribution in [-0.2, 0) is 0 Å². The van der Waals surface area contributed by atoms with Gasteiger partial charge in [0.25, 0.3) is 0 Å². The summed E-state index contributed by atoms with van der Waals surface area (Å²) in [6.45, 7) is -0.210. The minimum atomic E-state index is -0.676. The summed E-state index contributed by atoms with van der Waals surface area (Å²) in [4.78, 5) is 7.70. The maximum atomic E-state index is 9.01. The Kier molecular flexibility index (Phi) is 3.99. The van der Waals surface area contributed by atoms with E-state index < -0.39 is 6.10 Å². The van der Waals surface area contributed by atoms with E-state index in [-0.39, 0.29) is 6.61 Å². The van der Waals surface area contributed by atoms with E-state index in [2.05, 4.69) is 9.97 Å². The van der Waals surface area contributed by atoms with Crippen LogP contribution in [0.25, 0.3) is 0 Å². The molecule has 66 valence electrons. The summed E-state index contributed by atoms with van der Waals surface area (Å²) < 4.78 is 0. The molecule has 2 N–H and O–H groups in total. The van der Waals surface area contributed by atoms with Gasteiger partial charge in [0, 0.05) is 11.9 Å². The Morgan fingerprint density at radius 2 is 2.42 bits per heavy atom. The first-order valence-corrected chi connectivity index (χ1v) is 4.49. The highest BCUT2D eigenvalue weighted by molar-refractivity contribution is 7.99. The Balaban J connectivity index is 2.33. The van der Waals surface area contributed by atoms with Gasteiger partial charge >= 0.3 is 0 Å². The van der Waals surface area contributed by atoms with Crippen LogP contribution in [0.1, 0.15) is 0 Å². The third kappa shape index (κ3) is 3.17. The average molecular weight is 186 g/mol. The molecule has 0 aliphatic heterocycles. The van der Waals surface area contributed by atoms with Crippen LogP contribution in [0.4, 0.5) is 0 Å². The first kappa shape index (κ1) is 9.44. The van der Waals surface area contributed by atoms with E-state index >= 15 is 0 Å². The van der Waals surface area contributed by atoms with Crippen LogP contribution in [0, 0.1) is 0 Å². The van der Waals surface area contributed by atoms with Crippen molar-refractivity contribution in [3.05, 3.63) is 18.6 Å². The molecule has 1 rings (SSSR count). The predicted octanol–water partition coefficient (Wildman–Crippen LogP) is -0.0781. The van der Waals surface area contributed by atoms with E-state index in [1.54, 1.807) is 12.3 Å². The molecule has 4 nitrogen and oxygen atoms in total. The maximum Gasteiger partial charge on any atom is 0.116 e. The number of thioether (sulfide) groups is 1. The van der Waals surface area contributed by atoms with Crippen molar-refractivity contribution in [1.82, 2.24) is 9.97 Å². The second-order valence-electron chi connectivity index (χ2n) is 2.20. The normalized spacial score (nSPS) is 12.8. The first-order chi connectivity index (χ1) is 5.83. The Bertz CT molecular complexity index is 220. The Hall–Kier alpha value is -0.650. The second kappa shape index (κ2) is 5.08. The van der Waals surface area contributed by atoms with Gasteiger partial charge in [0.15, 0.2) is 0 Å². The zero-order valence-corrected chi connectivity index (χ0v) is 7.24. The van der Waals surface area contributed by atoms with Crippen molar-refractivity contribution in [3.8, 4) is 0 Å². The molecule has 1 aromatic rings. The first-order valence-electron chi connectivity index (χ1n) is 3.50. The Morgan fingerprint density at radius 1 is 1.58 bits per heavy atom. The molecular weight excluding hydrogens is 176 g/mol. The minimum Gasteiger partial charge on any atom is -0.394 e. The highest BCUT2D eigenvalue weighted by Gasteiger charge is 2.02. The minimum absolute atomic E-state index is 0.210. The third-order valence-electron chi connectivity index (χ3n) is 1.19. The number of aliphatic hydroxyl groups is 2. The molecule has 1 atom stereocenters. The fraction of sp³-hybridized carbons (Fsp3) is 0.429. The molecule has 1 aromatic heterocycles. The van der Waals surface area contributed by atoms with Crippen molar-refractivity contribution in [3.63, 3.8) is 0 Å². The zero-order valence-electron chi connectivity index (χ0n) is 6.42. The number of hydrogen-bond acceptors (Lipinski definition) is 5. The predicted molar refractivity (Wildman–Crippen MR) is 45.8 cm³/mol. The van der Waals surface area contributed by atoms with Gasteiger partial charge in [0.1, 0.15) is 6.33 Å². The van der Waals surface area contributed by atoms with E-state index in [1.807, 2.05) is 0 Å². The molecule has 0 fully saturated rings. The molecule has 0 aliphatic rings. The second-order valence-corrected chi connectivity index (χ2v) is 3.24. The fourth-order valence-corrected chi connectivity index (χ4v) is 1.35. The van der Waals surface area contributed by atoms with Gasteiger partial charge < -0.3 is 10.2 Å². The monoisotopic (exact) mass is 186 g/mol. The van der Waals surface area contributed by atoms with Crippen LogP contribution in [0.3, 0.4) is 0 Å². The molecule has 0 aliphatic carbocycles. The van der Waals surface area contributed by atoms with Crippen LogP contribution in [-0.4, -0.2) is 38.6 Å². The highest BCUT2D eigenvalue weighted by atomic mass is 32.2. The summed E-state index contributed by atoms with van der Waals surface area (Å²) in [7, 11) is 0. The molecule has 0 saturated heterocycles. The quantitative estimate of drug-likeness (QED) is 0.508. The lowest BCUT2D eigenvalue weighted by Crippen LogP contribution is -2.14. The average Bonchev–Trinajstić information content (AvgIpc) is 2.16. The maximum absolute atomic E-state index is 9.01. The van der Waals surface area contributed by atoms with Gasteiger partial charge in [-0.05, 0) is 6.07 Å². The summed E-state index contributed by atoms with van der Waals surface area (Å²) in [6.07, 6.45) is 2.42. The van der Waals surface area contributed by atoms with Crippen molar-refractivity contribution in [2.75, 3.05) is 12.4 Å². The molecule has 12 heavy (non-hydrogen) atoms. The van der Waals surface area contributed by atoms with E-state index in [9.17, 15) is 0 Å². The van der Waals surface area contributed by atoms with Crippen molar-refractivity contribution < 1.29 is 10.2 Å². The van der Waals surface area contributed by atoms with Gasteiger partial charge in [-0.3, -0.25) is 0 Å². The van der Waals surface area contributed by atoms with Crippen molar-refractivity contribution in [1.29, 1.82) is 0 Å². The summed E-state index contributed by atoms with van der Waals surface area (Å²) in [5.41, 5.74) is 0. The molecular formula is C7H10N2O2S. The lowest BCUT2D eigenvalue weighted by atomic mass is 10.4. The van der Waals surface area contributed by atoms with Crippen LogP contribution in [0.15, 0.2) is 23.6 Å². The van der Waals surface area contributed by atoms with Crippen molar-refractivity contribution in [2.24, 2.45) is 0 Å². The molecule has 0 spiro atoms.